The van der Waals surface area contributed by atoms with Crippen LogP contribution in [0.15, 0.2) is 0 Å². The Morgan fingerprint density at radius 1 is 1.35 bits per heavy atom. The van der Waals surface area contributed by atoms with Gasteiger partial charge in [0.05, 0.1) is 12.6 Å². The number of aliphatic hydroxyl groups excluding tert-OH is 1. The van der Waals surface area contributed by atoms with Gasteiger partial charge < -0.3 is 10.0 Å². The van der Waals surface area contributed by atoms with E-state index in [1.54, 1.807) is 0 Å². The fraction of sp³-hybridized carbons (Fsp3) is 0.923. The van der Waals surface area contributed by atoms with E-state index < -0.39 is 0 Å². The molecule has 0 saturated carbocycles. The van der Waals surface area contributed by atoms with Crippen LogP contribution in [0.1, 0.15) is 39.5 Å². The number of likely N-dealkylation sites (tertiary alicyclic amines) is 1. The third-order valence-electron chi connectivity index (χ3n) is 3.43. The summed E-state index contributed by atoms with van der Waals surface area (Å²) in [5.41, 5.74) is 0. The Balaban J connectivity index is 2.31. The number of carbonyl (C=O) groups excluding carboxylic acids is 1. The molecule has 0 aliphatic carbocycles. The Morgan fingerprint density at radius 3 is 2.53 bits per heavy atom. The van der Waals surface area contributed by atoms with Gasteiger partial charge in [0, 0.05) is 26.2 Å². The van der Waals surface area contributed by atoms with E-state index in [0.717, 1.165) is 51.9 Å². The van der Waals surface area contributed by atoms with Crippen LogP contribution in [0.5, 0.6) is 0 Å². The number of nitrogens with zero attached hydrogens (tertiary/aromatic N) is 2. The highest BCUT2D eigenvalue weighted by atomic mass is 16.3. The predicted molar refractivity (Wildman–Crippen MR) is 68.8 cm³/mol. The maximum absolute atomic E-state index is 12.1. The number of hydrogen-bond acceptors (Lipinski definition) is 3. The number of carbonyl (C=O) groups is 1. The molecule has 0 unspecified atom stereocenters. The molecule has 4 nitrogen and oxygen atoms in total. The molecule has 1 aliphatic heterocycles. The molecule has 1 rings (SSSR count). The summed E-state index contributed by atoms with van der Waals surface area (Å²) >= 11 is 0. The van der Waals surface area contributed by atoms with E-state index in [-0.39, 0.29) is 12.0 Å². The molecule has 0 aromatic carbocycles. The van der Waals surface area contributed by atoms with E-state index in [4.69, 9.17) is 0 Å². The molecule has 0 radical (unpaired) electrons. The highest BCUT2D eigenvalue weighted by Crippen LogP contribution is 2.10. The Bertz CT molecular complexity index is 225. The number of aliphatic hydroxyl groups is 1. The van der Waals surface area contributed by atoms with E-state index in [9.17, 15) is 9.90 Å². The molecule has 0 spiro atoms. The standard InChI is InChI=1S/C13H26N2O2/c1-3-5-8-15(4-2)13(17)11-14-9-6-12(16)7-10-14/h12,16H,3-11H2,1-2H3. The zero-order valence-electron chi connectivity index (χ0n) is 11.2. The Kier molecular flexibility index (Phi) is 6.52. The van der Waals surface area contributed by atoms with Crippen molar-refractivity contribution >= 4 is 5.91 Å². The SMILES string of the molecule is CCCCN(CC)C(=O)CN1CCC(O)CC1. The summed E-state index contributed by atoms with van der Waals surface area (Å²) in [5, 5.41) is 9.41. The lowest BCUT2D eigenvalue weighted by atomic mass is 10.1. The summed E-state index contributed by atoms with van der Waals surface area (Å²) in [7, 11) is 0. The molecule has 0 aromatic rings. The maximum atomic E-state index is 12.1. The maximum Gasteiger partial charge on any atom is 0.236 e. The number of likely N-dealkylation sites (N-methyl/N-ethyl adjacent to an activating group) is 1. The predicted octanol–water partition coefficient (Wildman–Crippen LogP) is 1.09. The topological polar surface area (TPSA) is 43.8 Å². The van der Waals surface area contributed by atoms with Gasteiger partial charge in [-0.3, -0.25) is 9.69 Å². The van der Waals surface area contributed by atoms with Crippen molar-refractivity contribution < 1.29 is 9.90 Å². The van der Waals surface area contributed by atoms with Gasteiger partial charge in [0.1, 0.15) is 0 Å². The van der Waals surface area contributed by atoms with Gasteiger partial charge in [-0.1, -0.05) is 13.3 Å². The summed E-state index contributed by atoms with van der Waals surface area (Å²) < 4.78 is 0. The van der Waals surface area contributed by atoms with Crippen LogP contribution in [-0.2, 0) is 4.79 Å². The smallest absolute Gasteiger partial charge is 0.236 e. The van der Waals surface area contributed by atoms with Gasteiger partial charge in [0.15, 0.2) is 0 Å². The Labute approximate surface area is 105 Å². The second kappa shape index (κ2) is 7.67. The van der Waals surface area contributed by atoms with E-state index in [2.05, 4.69) is 11.8 Å². The first-order chi connectivity index (χ1) is 8.17. The molecular formula is C13H26N2O2. The van der Waals surface area contributed by atoms with Gasteiger partial charge in [-0.25, -0.2) is 0 Å². The lowest BCUT2D eigenvalue weighted by Crippen LogP contribution is -2.44. The average Bonchev–Trinajstić information content (AvgIpc) is 2.33. The second-order valence-corrected chi connectivity index (χ2v) is 4.83. The van der Waals surface area contributed by atoms with Crippen molar-refractivity contribution in [2.45, 2.75) is 45.6 Å². The molecule has 1 amide bonds. The summed E-state index contributed by atoms with van der Waals surface area (Å²) in [4.78, 5) is 16.1. The highest BCUT2D eigenvalue weighted by Gasteiger charge is 2.20. The minimum atomic E-state index is -0.163. The average molecular weight is 242 g/mol. The molecule has 1 heterocycles. The van der Waals surface area contributed by atoms with Crippen molar-refractivity contribution in [3.8, 4) is 0 Å². The number of hydrogen-bond donors (Lipinski definition) is 1. The van der Waals surface area contributed by atoms with Crippen molar-refractivity contribution in [3.63, 3.8) is 0 Å². The van der Waals surface area contributed by atoms with Crippen LogP contribution in [0, 0.1) is 0 Å². The van der Waals surface area contributed by atoms with Crippen LogP contribution in [0.3, 0.4) is 0 Å². The van der Waals surface area contributed by atoms with Crippen LogP contribution >= 0.6 is 0 Å². The summed E-state index contributed by atoms with van der Waals surface area (Å²) in [6, 6.07) is 0. The first-order valence-corrected chi connectivity index (χ1v) is 6.85. The minimum absolute atomic E-state index is 0.163. The van der Waals surface area contributed by atoms with Crippen molar-refractivity contribution in [2.24, 2.45) is 0 Å². The molecule has 0 bridgehead atoms. The van der Waals surface area contributed by atoms with Crippen LogP contribution < -0.4 is 0 Å². The van der Waals surface area contributed by atoms with E-state index in [0.29, 0.717) is 6.54 Å². The van der Waals surface area contributed by atoms with Crippen LogP contribution in [0.2, 0.25) is 0 Å². The normalized spacial score (nSPS) is 18.3. The lowest BCUT2D eigenvalue weighted by molar-refractivity contribution is -0.132. The van der Waals surface area contributed by atoms with Gasteiger partial charge >= 0.3 is 0 Å². The molecule has 0 aromatic heterocycles. The molecule has 17 heavy (non-hydrogen) atoms. The fourth-order valence-electron chi connectivity index (χ4n) is 2.18. The molecule has 1 N–H and O–H groups in total. The molecule has 4 heteroatoms. The summed E-state index contributed by atoms with van der Waals surface area (Å²) in [6.07, 6.45) is 3.64. The van der Waals surface area contributed by atoms with Crippen molar-refractivity contribution in [2.75, 3.05) is 32.7 Å². The van der Waals surface area contributed by atoms with E-state index in [1.807, 2.05) is 11.8 Å². The van der Waals surface area contributed by atoms with E-state index >= 15 is 0 Å². The molecule has 1 saturated heterocycles. The van der Waals surface area contributed by atoms with Crippen LogP contribution in [0.25, 0.3) is 0 Å². The van der Waals surface area contributed by atoms with Crippen molar-refractivity contribution in [1.29, 1.82) is 0 Å². The molecule has 1 aliphatic rings. The fourth-order valence-corrected chi connectivity index (χ4v) is 2.18. The molecular weight excluding hydrogens is 216 g/mol. The zero-order chi connectivity index (χ0) is 12.7. The van der Waals surface area contributed by atoms with Gasteiger partial charge in [-0.05, 0) is 26.2 Å². The van der Waals surface area contributed by atoms with Gasteiger partial charge in [0.25, 0.3) is 0 Å². The summed E-state index contributed by atoms with van der Waals surface area (Å²) in [6.45, 7) is 8.07. The minimum Gasteiger partial charge on any atom is -0.393 e. The first-order valence-electron chi connectivity index (χ1n) is 6.85. The monoisotopic (exact) mass is 242 g/mol. The van der Waals surface area contributed by atoms with Crippen molar-refractivity contribution in [3.05, 3.63) is 0 Å². The van der Waals surface area contributed by atoms with Crippen molar-refractivity contribution in [1.82, 2.24) is 9.80 Å². The number of amides is 1. The third kappa shape index (κ3) is 5.04. The number of rotatable bonds is 6. The Morgan fingerprint density at radius 2 is 2.00 bits per heavy atom. The van der Waals surface area contributed by atoms with Gasteiger partial charge in [-0.2, -0.15) is 0 Å². The molecule has 100 valence electrons. The Hall–Kier alpha value is -0.610. The van der Waals surface area contributed by atoms with Gasteiger partial charge in [-0.15, -0.1) is 0 Å². The number of piperidine rings is 1. The molecule has 1 fully saturated rings. The van der Waals surface area contributed by atoms with Crippen LogP contribution in [-0.4, -0.2) is 59.6 Å². The largest absolute Gasteiger partial charge is 0.393 e. The second-order valence-electron chi connectivity index (χ2n) is 4.83. The molecule has 0 atom stereocenters. The summed E-state index contributed by atoms with van der Waals surface area (Å²) in [5.74, 6) is 0.234. The lowest BCUT2D eigenvalue weighted by Gasteiger charge is -2.31. The quantitative estimate of drug-likeness (QED) is 0.758. The third-order valence-corrected chi connectivity index (χ3v) is 3.43. The van der Waals surface area contributed by atoms with Crippen LogP contribution in [0.4, 0.5) is 0 Å². The first kappa shape index (κ1) is 14.5. The zero-order valence-corrected chi connectivity index (χ0v) is 11.2. The number of unbranched alkanes of at least 4 members (excludes halogenated alkanes) is 1. The highest BCUT2D eigenvalue weighted by molar-refractivity contribution is 5.78. The van der Waals surface area contributed by atoms with E-state index in [1.165, 1.54) is 0 Å². The van der Waals surface area contributed by atoms with Gasteiger partial charge in [0.2, 0.25) is 5.91 Å².